The van der Waals surface area contributed by atoms with Gasteiger partial charge in [-0.3, -0.25) is 14.6 Å². The maximum Gasteiger partial charge on any atom is 0.274 e. The number of aryl methyl sites for hydroxylation is 4. The van der Waals surface area contributed by atoms with E-state index in [2.05, 4.69) is 15.6 Å². The second-order valence-electron chi connectivity index (χ2n) is 6.97. The van der Waals surface area contributed by atoms with Crippen LogP contribution >= 0.6 is 0 Å². The molecule has 2 amide bonds. The number of nitrogens with zero attached hydrogens (tertiary/aromatic N) is 1. The lowest BCUT2D eigenvalue weighted by atomic mass is 10.1. The third kappa shape index (κ3) is 4.43. The Hall–Kier alpha value is -3.47. The quantitative estimate of drug-likeness (QED) is 0.689. The fraction of sp³-hybridized carbons (Fsp3) is 0.174. The maximum absolute atomic E-state index is 12.6. The molecule has 0 fully saturated rings. The molecule has 0 radical (unpaired) electrons. The van der Waals surface area contributed by atoms with E-state index < -0.39 is 0 Å². The molecular formula is C23H23N3O2. The molecule has 28 heavy (non-hydrogen) atoms. The Balaban J connectivity index is 1.78. The summed E-state index contributed by atoms with van der Waals surface area (Å²) in [4.78, 5) is 29.3. The topological polar surface area (TPSA) is 71.1 Å². The van der Waals surface area contributed by atoms with Crippen molar-refractivity contribution in [2.75, 3.05) is 10.6 Å². The molecule has 0 aliphatic heterocycles. The number of carbonyl (C=O) groups is 2. The molecule has 5 nitrogen and oxygen atoms in total. The molecule has 2 N–H and O–H groups in total. The molecule has 0 atom stereocenters. The molecule has 3 rings (SSSR count). The summed E-state index contributed by atoms with van der Waals surface area (Å²) in [6.45, 7) is 7.84. The van der Waals surface area contributed by atoms with Crippen molar-refractivity contribution in [1.29, 1.82) is 0 Å². The standard InChI is InChI=1S/C23H23N3O2/c1-14-6-8-19(17(4)11-14)25-22(27)18-9-10-24-21(13-18)23(28)26-20-12-15(2)5-7-16(20)3/h5-13H,1-4H3,(H,25,27)(H,26,28). The van der Waals surface area contributed by atoms with E-state index in [4.69, 9.17) is 0 Å². The normalized spacial score (nSPS) is 10.4. The van der Waals surface area contributed by atoms with Gasteiger partial charge in [-0.15, -0.1) is 0 Å². The fourth-order valence-corrected chi connectivity index (χ4v) is 2.90. The fourth-order valence-electron chi connectivity index (χ4n) is 2.90. The zero-order valence-electron chi connectivity index (χ0n) is 16.5. The van der Waals surface area contributed by atoms with Gasteiger partial charge in [0, 0.05) is 23.1 Å². The van der Waals surface area contributed by atoms with Crippen molar-refractivity contribution in [2.24, 2.45) is 0 Å². The smallest absolute Gasteiger partial charge is 0.274 e. The van der Waals surface area contributed by atoms with E-state index in [9.17, 15) is 9.59 Å². The van der Waals surface area contributed by atoms with Crippen molar-refractivity contribution >= 4 is 23.2 Å². The van der Waals surface area contributed by atoms with Gasteiger partial charge in [-0.2, -0.15) is 0 Å². The van der Waals surface area contributed by atoms with Crippen molar-refractivity contribution < 1.29 is 9.59 Å². The minimum absolute atomic E-state index is 0.189. The summed E-state index contributed by atoms with van der Waals surface area (Å²) in [5, 5.41) is 5.75. The summed E-state index contributed by atoms with van der Waals surface area (Å²) in [5.41, 5.74) is 6.17. The third-order valence-corrected chi connectivity index (χ3v) is 4.53. The van der Waals surface area contributed by atoms with Crippen LogP contribution in [0.15, 0.2) is 54.7 Å². The minimum atomic E-state index is -0.352. The van der Waals surface area contributed by atoms with Gasteiger partial charge in [0.1, 0.15) is 5.69 Å². The first-order chi connectivity index (χ1) is 13.3. The lowest BCUT2D eigenvalue weighted by Crippen LogP contribution is -2.17. The van der Waals surface area contributed by atoms with Gasteiger partial charge >= 0.3 is 0 Å². The minimum Gasteiger partial charge on any atom is -0.322 e. The number of amides is 2. The molecule has 2 aromatic carbocycles. The number of nitrogens with one attached hydrogen (secondary N) is 2. The molecule has 5 heteroatoms. The Labute approximate surface area is 164 Å². The van der Waals surface area contributed by atoms with Crippen LogP contribution in [0.3, 0.4) is 0 Å². The van der Waals surface area contributed by atoms with E-state index in [0.717, 1.165) is 33.6 Å². The van der Waals surface area contributed by atoms with Crippen LogP contribution in [-0.4, -0.2) is 16.8 Å². The lowest BCUT2D eigenvalue weighted by molar-refractivity contribution is 0.102. The van der Waals surface area contributed by atoms with E-state index in [1.807, 2.05) is 64.1 Å². The highest BCUT2D eigenvalue weighted by molar-refractivity contribution is 6.08. The first kappa shape index (κ1) is 19.3. The monoisotopic (exact) mass is 373 g/mol. The van der Waals surface area contributed by atoms with Crippen molar-refractivity contribution in [3.63, 3.8) is 0 Å². The van der Waals surface area contributed by atoms with Crippen LogP contribution in [-0.2, 0) is 0 Å². The van der Waals surface area contributed by atoms with Crippen LogP contribution in [0.1, 0.15) is 43.1 Å². The van der Waals surface area contributed by atoms with Crippen molar-refractivity contribution in [3.8, 4) is 0 Å². The summed E-state index contributed by atoms with van der Waals surface area (Å²) < 4.78 is 0. The largest absolute Gasteiger partial charge is 0.322 e. The van der Waals surface area contributed by atoms with Gasteiger partial charge in [-0.05, 0) is 68.7 Å². The van der Waals surface area contributed by atoms with E-state index in [1.54, 1.807) is 6.07 Å². The summed E-state index contributed by atoms with van der Waals surface area (Å²) >= 11 is 0. The first-order valence-electron chi connectivity index (χ1n) is 9.07. The molecule has 1 heterocycles. The average Bonchev–Trinajstić information content (AvgIpc) is 2.67. The van der Waals surface area contributed by atoms with Gasteiger partial charge in [-0.25, -0.2) is 0 Å². The summed E-state index contributed by atoms with van der Waals surface area (Å²) in [7, 11) is 0. The molecule has 3 aromatic rings. The number of pyridine rings is 1. The SMILES string of the molecule is Cc1ccc(NC(=O)c2ccnc(C(=O)Nc3cc(C)ccc3C)c2)c(C)c1. The number of benzene rings is 2. The highest BCUT2D eigenvalue weighted by Gasteiger charge is 2.14. The Morgan fingerprint density at radius 1 is 0.714 bits per heavy atom. The molecule has 1 aromatic heterocycles. The van der Waals surface area contributed by atoms with Crippen LogP contribution in [0.25, 0.3) is 0 Å². The third-order valence-electron chi connectivity index (χ3n) is 4.53. The predicted octanol–water partition coefficient (Wildman–Crippen LogP) is 4.82. The van der Waals surface area contributed by atoms with Gasteiger partial charge in [0.2, 0.25) is 0 Å². The molecule has 142 valence electrons. The second kappa shape index (κ2) is 8.05. The number of rotatable bonds is 4. The van der Waals surface area contributed by atoms with E-state index in [0.29, 0.717) is 5.56 Å². The van der Waals surface area contributed by atoms with E-state index in [1.165, 1.54) is 12.3 Å². The molecule has 0 saturated carbocycles. The van der Waals surface area contributed by atoms with Crippen LogP contribution < -0.4 is 10.6 Å². The van der Waals surface area contributed by atoms with Crippen molar-refractivity contribution in [2.45, 2.75) is 27.7 Å². The number of carbonyl (C=O) groups excluding carboxylic acids is 2. The lowest BCUT2D eigenvalue weighted by Gasteiger charge is -2.11. The summed E-state index contributed by atoms with van der Waals surface area (Å²) in [6.07, 6.45) is 1.47. The number of hydrogen-bond acceptors (Lipinski definition) is 3. The molecule has 0 spiro atoms. The first-order valence-corrected chi connectivity index (χ1v) is 9.07. The number of aromatic nitrogens is 1. The van der Waals surface area contributed by atoms with Crippen LogP contribution in [0.5, 0.6) is 0 Å². The van der Waals surface area contributed by atoms with Gasteiger partial charge < -0.3 is 10.6 Å². The van der Waals surface area contributed by atoms with Gasteiger partial charge in [0.05, 0.1) is 0 Å². The Morgan fingerprint density at radius 3 is 2.14 bits per heavy atom. The van der Waals surface area contributed by atoms with E-state index in [-0.39, 0.29) is 17.5 Å². The summed E-state index contributed by atoms with van der Waals surface area (Å²) in [6, 6.07) is 14.8. The molecule has 0 saturated heterocycles. The van der Waals surface area contributed by atoms with Gasteiger partial charge in [0.25, 0.3) is 11.8 Å². The second-order valence-corrected chi connectivity index (χ2v) is 6.97. The number of anilines is 2. The molecule has 0 aliphatic rings. The van der Waals surface area contributed by atoms with Gasteiger partial charge in [0.15, 0.2) is 0 Å². The van der Waals surface area contributed by atoms with Crippen molar-refractivity contribution in [1.82, 2.24) is 4.98 Å². The summed E-state index contributed by atoms with van der Waals surface area (Å²) in [5.74, 6) is -0.634. The Bertz CT molecular complexity index is 1060. The molecular weight excluding hydrogens is 350 g/mol. The van der Waals surface area contributed by atoms with Crippen LogP contribution in [0.2, 0.25) is 0 Å². The predicted molar refractivity (Wildman–Crippen MR) is 112 cm³/mol. The van der Waals surface area contributed by atoms with E-state index >= 15 is 0 Å². The highest BCUT2D eigenvalue weighted by atomic mass is 16.2. The zero-order valence-corrected chi connectivity index (χ0v) is 16.5. The Kier molecular flexibility index (Phi) is 5.54. The van der Waals surface area contributed by atoms with Gasteiger partial charge in [-0.1, -0.05) is 29.8 Å². The molecule has 0 bridgehead atoms. The highest BCUT2D eigenvalue weighted by Crippen LogP contribution is 2.19. The Morgan fingerprint density at radius 2 is 1.39 bits per heavy atom. The number of hydrogen-bond donors (Lipinski definition) is 2. The molecule has 0 aliphatic carbocycles. The zero-order chi connectivity index (χ0) is 20.3. The molecule has 0 unspecified atom stereocenters. The average molecular weight is 373 g/mol. The maximum atomic E-state index is 12.6. The van der Waals surface area contributed by atoms with Crippen LogP contribution in [0.4, 0.5) is 11.4 Å². The van der Waals surface area contributed by atoms with Crippen LogP contribution in [0, 0.1) is 27.7 Å². The van der Waals surface area contributed by atoms with Crippen molar-refractivity contribution in [3.05, 3.63) is 88.2 Å².